The Morgan fingerprint density at radius 3 is 2.54 bits per heavy atom. The summed E-state index contributed by atoms with van der Waals surface area (Å²) in [5.74, 6) is 0.660. The van der Waals surface area contributed by atoms with E-state index < -0.39 is 6.03 Å². The van der Waals surface area contributed by atoms with Crippen LogP contribution < -0.4 is 20.7 Å². The maximum absolute atomic E-state index is 11.9. The van der Waals surface area contributed by atoms with Crippen molar-refractivity contribution < 1.29 is 14.3 Å². The molecule has 1 aliphatic heterocycles. The zero-order chi connectivity index (χ0) is 17.4. The van der Waals surface area contributed by atoms with Crippen LogP contribution in [-0.4, -0.2) is 38.2 Å². The van der Waals surface area contributed by atoms with Gasteiger partial charge in [0, 0.05) is 12.5 Å². The number of carbonyl (C=O) groups excluding carboxylic acids is 2. The second-order valence-corrected chi connectivity index (χ2v) is 6.19. The van der Waals surface area contributed by atoms with E-state index in [0.29, 0.717) is 19.6 Å². The van der Waals surface area contributed by atoms with Gasteiger partial charge in [-0.3, -0.25) is 10.1 Å². The summed E-state index contributed by atoms with van der Waals surface area (Å²) in [6.45, 7) is 6.68. The molecule has 0 radical (unpaired) electrons. The Kier molecular flexibility index (Phi) is 7.06. The number of aryl methyl sites for hydroxylation is 2. The predicted octanol–water partition coefficient (Wildman–Crippen LogP) is 1.90. The molecule has 1 aromatic rings. The first-order valence-corrected chi connectivity index (χ1v) is 8.56. The molecule has 0 atom stereocenters. The normalized spacial score (nSPS) is 14.9. The fraction of sp³-hybridized carbons (Fsp3) is 0.556. The molecule has 0 aromatic heterocycles. The van der Waals surface area contributed by atoms with Crippen LogP contribution in [0, 0.1) is 19.8 Å². The van der Waals surface area contributed by atoms with Crippen LogP contribution in [-0.2, 0) is 4.79 Å². The minimum absolute atomic E-state index is 0.0654. The molecule has 6 heteroatoms. The van der Waals surface area contributed by atoms with Crippen LogP contribution in [0.2, 0.25) is 0 Å². The highest BCUT2D eigenvalue weighted by Gasteiger charge is 2.22. The number of para-hydroxylation sites is 1. The van der Waals surface area contributed by atoms with Gasteiger partial charge in [-0.15, -0.1) is 0 Å². The van der Waals surface area contributed by atoms with Crippen LogP contribution in [0.4, 0.5) is 4.79 Å². The molecule has 0 unspecified atom stereocenters. The molecule has 0 spiro atoms. The van der Waals surface area contributed by atoms with Crippen molar-refractivity contribution in [3.05, 3.63) is 29.3 Å². The first-order chi connectivity index (χ1) is 11.6. The van der Waals surface area contributed by atoms with Crippen molar-refractivity contribution in [3.63, 3.8) is 0 Å². The van der Waals surface area contributed by atoms with Gasteiger partial charge in [-0.05, 0) is 57.3 Å². The number of nitrogens with one attached hydrogen (secondary N) is 3. The van der Waals surface area contributed by atoms with Gasteiger partial charge in [0.25, 0.3) is 0 Å². The van der Waals surface area contributed by atoms with Gasteiger partial charge >= 0.3 is 6.03 Å². The largest absolute Gasteiger partial charge is 0.493 e. The van der Waals surface area contributed by atoms with Crippen LogP contribution in [0.5, 0.6) is 5.75 Å². The lowest BCUT2D eigenvalue weighted by molar-refractivity contribution is -0.124. The minimum atomic E-state index is -0.425. The monoisotopic (exact) mass is 333 g/mol. The number of hydrogen-bond donors (Lipinski definition) is 3. The third-order valence-electron chi connectivity index (χ3n) is 4.21. The third-order valence-corrected chi connectivity index (χ3v) is 4.21. The highest BCUT2D eigenvalue weighted by Crippen LogP contribution is 2.22. The Hall–Kier alpha value is -2.08. The van der Waals surface area contributed by atoms with Crippen molar-refractivity contribution in [3.8, 4) is 5.75 Å². The maximum Gasteiger partial charge on any atom is 0.321 e. The van der Waals surface area contributed by atoms with Gasteiger partial charge in [-0.1, -0.05) is 18.2 Å². The lowest BCUT2D eigenvalue weighted by Crippen LogP contribution is -2.45. The standard InChI is InChI=1S/C18H27N3O3/c1-13-5-3-6-14(2)16(13)24-12-4-9-20-18(23)21-17(22)15-7-10-19-11-8-15/h3,5-6,15,19H,4,7-12H2,1-2H3,(H2,20,21,22,23). The first kappa shape index (κ1) is 18.3. The zero-order valence-electron chi connectivity index (χ0n) is 14.5. The molecule has 0 bridgehead atoms. The van der Waals surface area contributed by atoms with E-state index in [4.69, 9.17) is 4.74 Å². The van der Waals surface area contributed by atoms with Crippen molar-refractivity contribution in [2.24, 2.45) is 5.92 Å². The minimum Gasteiger partial charge on any atom is -0.493 e. The lowest BCUT2D eigenvalue weighted by Gasteiger charge is -2.21. The predicted molar refractivity (Wildman–Crippen MR) is 93.2 cm³/mol. The summed E-state index contributed by atoms with van der Waals surface area (Å²) in [7, 11) is 0. The first-order valence-electron chi connectivity index (χ1n) is 8.56. The molecular weight excluding hydrogens is 306 g/mol. The number of benzene rings is 1. The van der Waals surface area contributed by atoms with Gasteiger partial charge in [-0.25, -0.2) is 4.79 Å². The molecule has 1 fully saturated rings. The second-order valence-electron chi connectivity index (χ2n) is 6.19. The van der Waals surface area contributed by atoms with Crippen LogP contribution in [0.1, 0.15) is 30.4 Å². The Morgan fingerprint density at radius 2 is 1.88 bits per heavy atom. The van der Waals surface area contributed by atoms with Gasteiger partial charge in [0.05, 0.1) is 6.61 Å². The molecule has 1 saturated heterocycles. The number of urea groups is 1. The summed E-state index contributed by atoms with van der Waals surface area (Å²) < 4.78 is 5.78. The molecule has 2 rings (SSSR count). The fourth-order valence-corrected chi connectivity index (χ4v) is 2.82. The Labute approximate surface area is 143 Å². The Morgan fingerprint density at radius 1 is 1.21 bits per heavy atom. The van der Waals surface area contributed by atoms with Crippen LogP contribution in [0.3, 0.4) is 0 Å². The van der Waals surface area contributed by atoms with Gasteiger partial charge < -0.3 is 15.4 Å². The fourth-order valence-electron chi connectivity index (χ4n) is 2.82. The van der Waals surface area contributed by atoms with Crippen LogP contribution in [0.15, 0.2) is 18.2 Å². The average Bonchev–Trinajstić information content (AvgIpc) is 2.57. The molecule has 0 aliphatic carbocycles. The smallest absolute Gasteiger partial charge is 0.321 e. The summed E-state index contributed by atoms with van der Waals surface area (Å²) in [5.41, 5.74) is 2.21. The maximum atomic E-state index is 11.9. The number of imide groups is 1. The van der Waals surface area contributed by atoms with E-state index in [1.165, 1.54) is 0 Å². The van der Waals surface area contributed by atoms with E-state index in [9.17, 15) is 9.59 Å². The van der Waals surface area contributed by atoms with Crippen LogP contribution in [0.25, 0.3) is 0 Å². The van der Waals surface area contributed by atoms with E-state index in [2.05, 4.69) is 16.0 Å². The zero-order valence-corrected chi connectivity index (χ0v) is 14.5. The molecule has 24 heavy (non-hydrogen) atoms. The van der Waals surface area contributed by atoms with E-state index in [-0.39, 0.29) is 11.8 Å². The van der Waals surface area contributed by atoms with Gasteiger partial charge in [0.1, 0.15) is 5.75 Å². The van der Waals surface area contributed by atoms with Crippen molar-refractivity contribution in [1.29, 1.82) is 0 Å². The molecule has 1 aromatic carbocycles. The average molecular weight is 333 g/mol. The molecule has 0 saturated carbocycles. The summed E-state index contributed by atoms with van der Waals surface area (Å²) in [5, 5.41) is 8.32. The third kappa shape index (κ3) is 5.53. The van der Waals surface area contributed by atoms with Crippen molar-refractivity contribution >= 4 is 11.9 Å². The van der Waals surface area contributed by atoms with Crippen molar-refractivity contribution in [2.75, 3.05) is 26.2 Å². The van der Waals surface area contributed by atoms with Crippen LogP contribution >= 0.6 is 0 Å². The number of hydrogen-bond acceptors (Lipinski definition) is 4. The molecule has 6 nitrogen and oxygen atoms in total. The molecular formula is C18H27N3O3. The van der Waals surface area contributed by atoms with Crippen molar-refractivity contribution in [1.82, 2.24) is 16.0 Å². The van der Waals surface area contributed by atoms with Gasteiger partial charge in [0.15, 0.2) is 0 Å². The highest BCUT2D eigenvalue weighted by molar-refractivity contribution is 5.95. The summed E-state index contributed by atoms with van der Waals surface area (Å²) >= 11 is 0. The summed E-state index contributed by atoms with van der Waals surface area (Å²) in [6.07, 6.45) is 2.24. The van der Waals surface area contributed by atoms with Crippen molar-refractivity contribution in [2.45, 2.75) is 33.1 Å². The quantitative estimate of drug-likeness (QED) is 0.695. The highest BCUT2D eigenvalue weighted by atomic mass is 16.5. The number of carbonyl (C=O) groups is 2. The Balaban J connectivity index is 1.61. The van der Waals surface area contributed by atoms with Gasteiger partial charge in [-0.2, -0.15) is 0 Å². The van der Waals surface area contributed by atoms with Gasteiger partial charge in [0.2, 0.25) is 5.91 Å². The van der Waals surface area contributed by atoms with E-state index >= 15 is 0 Å². The number of ether oxygens (including phenoxy) is 1. The molecule has 3 amide bonds. The molecule has 1 heterocycles. The van der Waals surface area contributed by atoms with E-state index in [1.54, 1.807) is 0 Å². The second kappa shape index (κ2) is 9.27. The molecule has 132 valence electrons. The summed E-state index contributed by atoms with van der Waals surface area (Å²) in [4.78, 5) is 23.7. The molecule has 1 aliphatic rings. The Bertz CT molecular complexity index is 548. The lowest BCUT2D eigenvalue weighted by atomic mass is 9.97. The number of amides is 3. The van der Waals surface area contributed by atoms with E-state index in [0.717, 1.165) is 42.8 Å². The number of rotatable bonds is 6. The SMILES string of the molecule is Cc1cccc(C)c1OCCCNC(=O)NC(=O)C1CCNCC1. The summed E-state index contributed by atoms with van der Waals surface area (Å²) in [6, 6.07) is 5.61. The van der Waals surface area contributed by atoms with E-state index in [1.807, 2.05) is 32.0 Å². The molecule has 3 N–H and O–H groups in total. The topological polar surface area (TPSA) is 79.5 Å². The number of piperidine rings is 1.